The summed E-state index contributed by atoms with van der Waals surface area (Å²) in [6.45, 7) is 0.330. The van der Waals surface area contributed by atoms with Gasteiger partial charge in [0.1, 0.15) is 0 Å². The third-order valence-corrected chi connectivity index (χ3v) is 1.79. The SMILES string of the molecule is NCC#Cc1ncc2ccccc2n1. The van der Waals surface area contributed by atoms with E-state index in [1.54, 1.807) is 6.20 Å². The molecule has 3 nitrogen and oxygen atoms in total. The Morgan fingerprint density at radius 2 is 2.14 bits per heavy atom. The molecule has 0 unspecified atom stereocenters. The molecular weight excluding hydrogens is 174 g/mol. The van der Waals surface area contributed by atoms with Crippen molar-refractivity contribution in [1.29, 1.82) is 0 Å². The van der Waals surface area contributed by atoms with Crippen molar-refractivity contribution in [2.24, 2.45) is 5.73 Å². The predicted molar refractivity (Wildman–Crippen MR) is 55.5 cm³/mol. The highest BCUT2D eigenvalue weighted by Gasteiger charge is 1.94. The summed E-state index contributed by atoms with van der Waals surface area (Å²) in [4.78, 5) is 8.38. The first-order valence-electron chi connectivity index (χ1n) is 4.31. The van der Waals surface area contributed by atoms with Gasteiger partial charge in [-0.1, -0.05) is 24.1 Å². The van der Waals surface area contributed by atoms with Gasteiger partial charge in [-0.05, 0) is 12.0 Å². The van der Waals surface area contributed by atoms with Gasteiger partial charge in [-0.15, -0.1) is 0 Å². The maximum atomic E-state index is 5.26. The van der Waals surface area contributed by atoms with Gasteiger partial charge in [0.2, 0.25) is 5.82 Å². The van der Waals surface area contributed by atoms with Crippen LogP contribution < -0.4 is 5.73 Å². The molecule has 0 saturated heterocycles. The van der Waals surface area contributed by atoms with Crippen LogP contribution in [0.2, 0.25) is 0 Å². The van der Waals surface area contributed by atoms with Gasteiger partial charge >= 0.3 is 0 Å². The minimum Gasteiger partial charge on any atom is -0.320 e. The minimum absolute atomic E-state index is 0.330. The Morgan fingerprint density at radius 1 is 1.29 bits per heavy atom. The fourth-order valence-electron chi connectivity index (χ4n) is 1.16. The molecule has 0 aliphatic carbocycles. The second kappa shape index (κ2) is 3.86. The summed E-state index contributed by atoms with van der Waals surface area (Å²) in [5.41, 5.74) is 6.17. The smallest absolute Gasteiger partial charge is 0.205 e. The van der Waals surface area contributed by atoms with E-state index in [2.05, 4.69) is 21.8 Å². The van der Waals surface area contributed by atoms with Gasteiger partial charge in [0, 0.05) is 11.6 Å². The standard InChI is InChI=1S/C11H9N3/c12-7-3-6-11-13-8-9-4-1-2-5-10(9)14-11/h1-2,4-5,8H,7,12H2. The topological polar surface area (TPSA) is 51.8 Å². The summed E-state index contributed by atoms with van der Waals surface area (Å²) in [7, 11) is 0. The first kappa shape index (κ1) is 8.67. The normalized spacial score (nSPS) is 9.50. The molecule has 1 aromatic carbocycles. The highest BCUT2D eigenvalue weighted by atomic mass is 14.9. The molecule has 0 bridgehead atoms. The first-order chi connectivity index (χ1) is 6.90. The molecule has 2 N–H and O–H groups in total. The van der Waals surface area contributed by atoms with Crippen molar-refractivity contribution in [2.45, 2.75) is 0 Å². The lowest BCUT2D eigenvalue weighted by Crippen LogP contribution is -1.94. The highest BCUT2D eigenvalue weighted by molar-refractivity contribution is 5.77. The number of nitrogens with zero attached hydrogens (tertiary/aromatic N) is 2. The van der Waals surface area contributed by atoms with Crippen LogP contribution in [0.4, 0.5) is 0 Å². The molecule has 68 valence electrons. The number of aromatic nitrogens is 2. The molecule has 2 aromatic rings. The summed E-state index contributed by atoms with van der Waals surface area (Å²) >= 11 is 0. The van der Waals surface area contributed by atoms with E-state index in [0.29, 0.717) is 12.4 Å². The molecule has 2 rings (SSSR count). The summed E-state index contributed by atoms with van der Waals surface area (Å²) in [5, 5.41) is 1.02. The monoisotopic (exact) mass is 183 g/mol. The minimum atomic E-state index is 0.330. The Kier molecular flexibility index (Phi) is 2.39. The molecular formula is C11H9N3. The number of hydrogen-bond donors (Lipinski definition) is 1. The molecule has 1 heterocycles. The fourth-order valence-corrected chi connectivity index (χ4v) is 1.16. The molecule has 0 atom stereocenters. The van der Waals surface area contributed by atoms with E-state index in [9.17, 15) is 0 Å². The third-order valence-electron chi connectivity index (χ3n) is 1.79. The molecule has 0 aliphatic heterocycles. The van der Waals surface area contributed by atoms with Crippen molar-refractivity contribution in [3.63, 3.8) is 0 Å². The molecule has 0 fully saturated rings. The molecule has 1 aromatic heterocycles. The van der Waals surface area contributed by atoms with Crippen LogP contribution in [0.15, 0.2) is 30.5 Å². The molecule has 0 saturated carbocycles. The average molecular weight is 183 g/mol. The lowest BCUT2D eigenvalue weighted by Gasteiger charge is -1.95. The maximum absolute atomic E-state index is 5.26. The van der Waals surface area contributed by atoms with Crippen LogP contribution in [-0.4, -0.2) is 16.5 Å². The zero-order chi connectivity index (χ0) is 9.80. The average Bonchev–Trinajstić information content (AvgIpc) is 2.26. The summed E-state index contributed by atoms with van der Waals surface area (Å²) < 4.78 is 0. The van der Waals surface area contributed by atoms with Crippen molar-refractivity contribution in [3.05, 3.63) is 36.3 Å². The zero-order valence-electron chi connectivity index (χ0n) is 7.57. The number of para-hydroxylation sites is 1. The number of hydrogen-bond acceptors (Lipinski definition) is 3. The Hall–Kier alpha value is -1.92. The predicted octanol–water partition coefficient (Wildman–Crippen LogP) is 0.940. The van der Waals surface area contributed by atoms with Gasteiger partial charge < -0.3 is 5.73 Å². The van der Waals surface area contributed by atoms with E-state index < -0.39 is 0 Å². The lowest BCUT2D eigenvalue weighted by atomic mass is 10.2. The van der Waals surface area contributed by atoms with Crippen LogP contribution in [0.5, 0.6) is 0 Å². The summed E-state index contributed by atoms with van der Waals surface area (Å²) in [5.74, 6) is 6.04. The number of nitrogens with two attached hydrogens (primary N) is 1. The fraction of sp³-hybridized carbons (Fsp3) is 0.0909. The molecule has 3 heteroatoms. The van der Waals surface area contributed by atoms with Gasteiger partial charge in [-0.2, -0.15) is 0 Å². The lowest BCUT2D eigenvalue weighted by molar-refractivity contribution is 1.17. The van der Waals surface area contributed by atoms with Crippen molar-refractivity contribution >= 4 is 10.9 Å². The number of benzene rings is 1. The van der Waals surface area contributed by atoms with Crippen molar-refractivity contribution in [2.75, 3.05) is 6.54 Å². The molecule has 0 aliphatic rings. The quantitative estimate of drug-likeness (QED) is 0.618. The maximum Gasteiger partial charge on any atom is 0.205 e. The molecule has 0 amide bonds. The second-order valence-electron chi connectivity index (χ2n) is 2.76. The van der Waals surface area contributed by atoms with Crippen LogP contribution in [0.1, 0.15) is 5.82 Å². The number of fused-ring (bicyclic) bond motifs is 1. The Bertz CT molecular complexity index is 508. The van der Waals surface area contributed by atoms with Crippen LogP contribution in [0.25, 0.3) is 10.9 Å². The van der Waals surface area contributed by atoms with Crippen molar-refractivity contribution < 1.29 is 0 Å². The van der Waals surface area contributed by atoms with Crippen LogP contribution in [0.3, 0.4) is 0 Å². The first-order valence-corrected chi connectivity index (χ1v) is 4.31. The summed E-state index contributed by atoms with van der Waals surface area (Å²) in [6.07, 6.45) is 1.77. The van der Waals surface area contributed by atoms with Crippen molar-refractivity contribution in [1.82, 2.24) is 9.97 Å². The van der Waals surface area contributed by atoms with E-state index in [1.165, 1.54) is 0 Å². The largest absolute Gasteiger partial charge is 0.320 e. The van der Waals surface area contributed by atoms with E-state index in [0.717, 1.165) is 10.9 Å². The van der Waals surface area contributed by atoms with Gasteiger partial charge in [-0.3, -0.25) is 0 Å². The summed E-state index contributed by atoms with van der Waals surface area (Å²) in [6, 6.07) is 7.80. The van der Waals surface area contributed by atoms with Crippen LogP contribution in [0, 0.1) is 11.8 Å². The van der Waals surface area contributed by atoms with E-state index >= 15 is 0 Å². The van der Waals surface area contributed by atoms with Gasteiger partial charge in [0.25, 0.3) is 0 Å². The van der Waals surface area contributed by atoms with E-state index in [1.807, 2.05) is 24.3 Å². The Balaban J connectivity index is 2.51. The third kappa shape index (κ3) is 1.70. The van der Waals surface area contributed by atoms with E-state index in [4.69, 9.17) is 5.73 Å². The number of rotatable bonds is 0. The van der Waals surface area contributed by atoms with Crippen molar-refractivity contribution in [3.8, 4) is 11.8 Å². The molecule has 0 spiro atoms. The molecule has 0 radical (unpaired) electrons. The zero-order valence-corrected chi connectivity index (χ0v) is 7.57. The van der Waals surface area contributed by atoms with Gasteiger partial charge in [0.05, 0.1) is 12.1 Å². The van der Waals surface area contributed by atoms with Crippen LogP contribution in [-0.2, 0) is 0 Å². The molecule has 14 heavy (non-hydrogen) atoms. The van der Waals surface area contributed by atoms with E-state index in [-0.39, 0.29) is 0 Å². The van der Waals surface area contributed by atoms with Gasteiger partial charge in [0.15, 0.2) is 0 Å². The highest BCUT2D eigenvalue weighted by Crippen LogP contribution is 2.08. The second-order valence-corrected chi connectivity index (χ2v) is 2.76. The Morgan fingerprint density at radius 3 is 3.00 bits per heavy atom. The Labute approximate surface area is 82.0 Å². The van der Waals surface area contributed by atoms with Crippen LogP contribution >= 0.6 is 0 Å². The van der Waals surface area contributed by atoms with Gasteiger partial charge in [-0.25, -0.2) is 9.97 Å².